The van der Waals surface area contributed by atoms with Gasteiger partial charge in [0, 0.05) is 30.9 Å². The highest BCUT2D eigenvalue weighted by atomic mass is 16.3. The van der Waals surface area contributed by atoms with Gasteiger partial charge in [-0.1, -0.05) is 0 Å². The summed E-state index contributed by atoms with van der Waals surface area (Å²) in [4.78, 5) is 0. The topological polar surface area (TPSA) is 50.1 Å². The summed E-state index contributed by atoms with van der Waals surface area (Å²) in [5.41, 5.74) is 2.77. The van der Waals surface area contributed by atoms with Crippen molar-refractivity contribution >= 4 is 0 Å². The molecule has 0 bridgehead atoms. The second-order valence-corrected chi connectivity index (χ2v) is 5.12. The molecule has 0 aliphatic carbocycles. The molecule has 1 atom stereocenters. The van der Waals surface area contributed by atoms with Gasteiger partial charge in [0.2, 0.25) is 0 Å². The normalized spacial score (nSPS) is 14.2. The first-order valence-electron chi connectivity index (χ1n) is 5.68. The van der Waals surface area contributed by atoms with Crippen LogP contribution in [0.2, 0.25) is 0 Å². The van der Waals surface area contributed by atoms with Crippen molar-refractivity contribution in [3.05, 3.63) is 17.0 Å². The van der Waals surface area contributed by atoms with E-state index in [4.69, 9.17) is 0 Å². The summed E-state index contributed by atoms with van der Waals surface area (Å²) >= 11 is 0. The first-order valence-corrected chi connectivity index (χ1v) is 5.68. The van der Waals surface area contributed by atoms with Crippen LogP contribution in [0.25, 0.3) is 0 Å². The van der Waals surface area contributed by atoms with Crippen LogP contribution in [0.5, 0.6) is 0 Å². The van der Waals surface area contributed by atoms with Gasteiger partial charge in [0.05, 0.1) is 11.3 Å². The van der Waals surface area contributed by atoms with E-state index in [1.165, 1.54) is 11.3 Å². The molecule has 0 amide bonds. The lowest BCUT2D eigenvalue weighted by molar-refractivity contribution is 0.0770. The Kier molecular flexibility index (Phi) is 3.76. The molecule has 4 heteroatoms. The Morgan fingerprint density at radius 3 is 2.38 bits per heavy atom. The zero-order valence-corrected chi connectivity index (χ0v) is 11.1. The average molecular weight is 225 g/mol. The summed E-state index contributed by atoms with van der Waals surface area (Å²) in [7, 11) is 1.95. The minimum Gasteiger partial charge on any atom is -0.389 e. The van der Waals surface area contributed by atoms with E-state index in [1.807, 2.05) is 18.7 Å². The number of aryl methyl sites for hydroxylation is 2. The largest absolute Gasteiger partial charge is 0.389 e. The third kappa shape index (κ3) is 3.06. The second-order valence-electron chi connectivity index (χ2n) is 5.12. The molecule has 2 N–H and O–H groups in total. The van der Waals surface area contributed by atoms with Crippen LogP contribution < -0.4 is 5.32 Å². The van der Waals surface area contributed by atoms with Gasteiger partial charge in [-0.2, -0.15) is 5.10 Å². The predicted octanol–water partition coefficient (Wildman–Crippen LogP) is 1.46. The van der Waals surface area contributed by atoms with Gasteiger partial charge in [0.1, 0.15) is 0 Å². The molecule has 92 valence electrons. The van der Waals surface area contributed by atoms with Crippen molar-refractivity contribution < 1.29 is 5.11 Å². The van der Waals surface area contributed by atoms with Crippen LogP contribution in [0.15, 0.2) is 0 Å². The number of aromatic nitrogens is 2. The predicted molar refractivity (Wildman–Crippen MR) is 65.4 cm³/mol. The van der Waals surface area contributed by atoms with Gasteiger partial charge >= 0.3 is 0 Å². The number of hydrogen-bond acceptors (Lipinski definition) is 3. The van der Waals surface area contributed by atoms with Gasteiger partial charge in [-0.25, -0.2) is 0 Å². The first kappa shape index (κ1) is 13.2. The number of hydrogen-bond donors (Lipinski definition) is 2. The summed E-state index contributed by atoms with van der Waals surface area (Å²) in [6.45, 7) is 10.4. The van der Waals surface area contributed by atoms with Crippen molar-refractivity contribution in [2.45, 2.75) is 46.3 Å². The van der Waals surface area contributed by atoms with Crippen molar-refractivity contribution in [1.29, 1.82) is 0 Å². The lowest BCUT2D eigenvalue weighted by Crippen LogP contribution is -2.36. The number of nitrogens with one attached hydrogen (secondary N) is 1. The Morgan fingerprint density at radius 2 is 2.00 bits per heavy atom. The minimum atomic E-state index is -0.682. The summed E-state index contributed by atoms with van der Waals surface area (Å²) in [5, 5.41) is 17.4. The fourth-order valence-electron chi connectivity index (χ4n) is 1.92. The molecule has 0 fully saturated rings. The summed E-state index contributed by atoms with van der Waals surface area (Å²) in [6.07, 6.45) is 0. The molecule has 0 aliphatic heterocycles. The van der Waals surface area contributed by atoms with E-state index in [9.17, 15) is 5.11 Å². The fraction of sp³-hybridized carbons (Fsp3) is 0.750. The number of rotatable bonds is 4. The molecule has 0 radical (unpaired) electrons. The van der Waals surface area contributed by atoms with Crippen molar-refractivity contribution in [1.82, 2.24) is 15.1 Å². The standard InChI is InChI=1S/C12H23N3O/c1-8(13-7-12(4,5)16)11-9(2)14-15(6)10(11)3/h8,13,16H,7H2,1-6H3. The Morgan fingerprint density at radius 1 is 1.44 bits per heavy atom. The van der Waals surface area contributed by atoms with Crippen LogP contribution in [0, 0.1) is 13.8 Å². The zero-order chi connectivity index (χ0) is 12.5. The summed E-state index contributed by atoms with van der Waals surface area (Å²) < 4.78 is 1.90. The quantitative estimate of drug-likeness (QED) is 0.815. The van der Waals surface area contributed by atoms with Crippen molar-refractivity contribution in [2.24, 2.45) is 7.05 Å². The Balaban J connectivity index is 2.77. The molecule has 1 aromatic rings. The van der Waals surface area contributed by atoms with Crippen molar-refractivity contribution in [2.75, 3.05) is 6.54 Å². The smallest absolute Gasteiger partial charge is 0.0715 e. The molecule has 1 rings (SSSR count). The first-order chi connectivity index (χ1) is 7.22. The van der Waals surface area contributed by atoms with Gasteiger partial charge in [-0.3, -0.25) is 4.68 Å². The highest BCUT2D eigenvalue weighted by molar-refractivity contribution is 5.27. The highest BCUT2D eigenvalue weighted by Crippen LogP contribution is 2.20. The van der Waals surface area contributed by atoms with Crippen LogP contribution >= 0.6 is 0 Å². The van der Waals surface area contributed by atoms with Gasteiger partial charge < -0.3 is 10.4 Å². The molecule has 1 unspecified atom stereocenters. The molecule has 4 nitrogen and oxygen atoms in total. The monoisotopic (exact) mass is 225 g/mol. The Labute approximate surface area is 97.7 Å². The molecular weight excluding hydrogens is 202 g/mol. The van der Waals surface area contributed by atoms with E-state index in [1.54, 1.807) is 13.8 Å². The maximum atomic E-state index is 9.67. The van der Waals surface area contributed by atoms with E-state index < -0.39 is 5.60 Å². The van der Waals surface area contributed by atoms with E-state index in [0.717, 1.165) is 5.69 Å². The Hall–Kier alpha value is -0.870. The maximum Gasteiger partial charge on any atom is 0.0715 e. The molecule has 16 heavy (non-hydrogen) atoms. The molecule has 0 aliphatic rings. The SMILES string of the molecule is Cc1nn(C)c(C)c1C(C)NCC(C)(C)O. The molecule has 0 saturated carbocycles. The van der Waals surface area contributed by atoms with Crippen LogP contribution in [-0.2, 0) is 7.05 Å². The summed E-state index contributed by atoms with van der Waals surface area (Å²) in [5.74, 6) is 0. The molecule has 1 aromatic heterocycles. The Bertz CT molecular complexity index is 363. The number of aliphatic hydroxyl groups is 1. The van der Waals surface area contributed by atoms with Gasteiger partial charge in [-0.05, 0) is 34.6 Å². The fourth-order valence-corrected chi connectivity index (χ4v) is 1.92. The average Bonchev–Trinajstić information content (AvgIpc) is 2.36. The lowest BCUT2D eigenvalue weighted by Gasteiger charge is -2.22. The van der Waals surface area contributed by atoms with Crippen LogP contribution in [0.3, 0.4) is 0 Å². The molecule has 1 heterocycles. The van der Waals surface area contributed by atoms with Crippen molar-refractivity contribution in [3.63, 3.8) is 0 Å². The van der Waals surface area contributed by atoms with Crippen LogP contribution in [-0.4, -0.2) is 27.0 Å². The van der Waals surface area contributed by atoms with E-state index in [-0.39, 0.29) is 6.04 Å². The molecular formula is C12H23N3O. The van der Waals surface area contributed by atoms with Crippen molar-refractivity contribution in [3.8, 4) is 0 Å². The van der Waals surface area contributed by atoms with Gasteiger partial charge in [0.15, 0.2) is 0 Å². The maximum absolute atomic E-state index is 9.67. The molecule has 0 saturated heterocycles. The molecule has 0 aromatic carbocycles. The second kappa shape index (κ2) is 4.55. The minimum absolute atomic E-state index is 0.208. The summed E-state index contributed by atoms with van der Waals surface area (Å²) in [6, 6.07) is 0.208. The van der Waals surface area contributed by atoms with Gasteiger partial charge in [-0.15, -0.1) is 0 Å². The highest BCUT2D eigenvalue weighted by Gasteiger charge is 2.19. The van der Waals surface area contributed by atoms with Crippen LogP contribution in [0.4, 0.5) is 0 Å². The third-order valence-electron chi connectivity index (χ3n) is 2.84. The van der Waals surface area contributed by atoms with Gasteiger partial charge in [0.25, 0.3) is 0 Å². The van der Waals surface area contributed by atoms with E-state index >= 15 is 0 Å². The lowest BCUT2D eigenvalue weighted by atomic mass is 10.0. The zero-order valence-electron chi connectivity index (χ0n) is 11.1. The third-order valence-corrected chi connectivity index (χ3v) is 2.84. The van der Waals surface area contributed by atoms with E-state index in [2.05, 4.69) is 24.3 Å². The molecule has 0 spiro atoms. The van der Waals surface area contributed by atoms with Crippen LogP contribution in [0.1, 0.15) is 43.8 Å². The number of nitrogens with zero attached hydrogens (tertiary/aromatic N) is 2. The van der Waals surface area contributed by atoms with E-state index in [0.29, 0.717) is 6.54 Å².